The summed E-state index contributed by atoms with van der Waals surface area (Å²) in [7, 11) is 0. The van der Waals surface area contributed by atoms with Crippen molar-refractivity contribution in [1.82, 2.24) is 19.6 Å². The van der Waals surface area contributed by atoms with Crippen molar-refractivity contribution in [3.05, 3.63) is 231 Å². The highest BCUT2D eigenvalue weighted by molar-refractivity contribution is 6.12. The van der Waals surface area contributed by atoms with Crippen molar-refractivity contribution < 1.29 is 0 Å². The van der Waals surface area contributed by atoms with Crippen molar-refractivity contribution in [3.63, 3.8) is 0 Å². The van der Waals surface area contributed by atoms with Crippen LogP contribution < -0.4 is 0 Å². The molecule has 11 rings (SSSR count). The molecule has 0 atom stereocenters. The molecular formula is C57H38N4. The topological polar surface area (TPSA) is 43.1 Å². The van der Waals surface area contributed by atoms with Gasteiger partial charge in [0.2, 0.25) is 0 Å². The van der Waals surface area contributed by atoms with E-state index in [1.165, 1.54) is 10.9 Å². The number of fused-ring (bicyclic) bond motifs is 3. The Balaban J connectivity index is 1.04. The van der Waals surface area contributed by atoms with Crippen LogP contribution in [0.2, 0.25) is 0 Å². The minimum Gasteiger partial charge on any atom is -0.231 e. The number of aromatic nitrogens is 4. The van der Waals surface area contributed by atoms with Gasteiger partial charge in [-0.15, -0.1) is 0 Å². The van der Waals surface area contributed by atoms with E-state index in [9.17, 15) is 0 Å². The Morgan fingerprint density at radius 1 is 0.311 bits per heavy atom. The molecular weight excluding hydrogens is 741 g/mol. The molecule has 0 aliphatic rings. The molecule has 0 fully saturated rings. The molecule has 0 bridgehead atoms. The summed E-state index contributed by atoms with van der Waals surface area (Å²) >= 11 is 0. The number of benzene rings is 8. The molecule has 4 nitrogen and oxygen atoms in total. The van der Waals surface area contributed by atoms with Crippen molar-refractivity contribution in [2.24, 2.45) is 0 Å². The normalized spacial score (nSPS) is 11.3. The van der Waals surface area contributed by atoms with Crippen molar-refractivity contribution in [2.75, 3.05) is 0 Å². The second kappa shape index (κ2) is 15.5. The molecule has 4 heteroatoms. The van der Waals surface area contributed by atoms with Gasteiger partial charge in [0.15, 0.2) is 5.82 Å². The van der Waals surface area contributed by atoms with E-state index in [0.717, 1.165) is 89.3 Å². The lowest BCUT2D eigenvalue weighted by atomic mass is 9.92. The third-order valence-electron chi connectivity index (χ3n) is 11.5. The minimum atomic E-state index is 0.706. The first-order chi connectivity index (χ1) is 30.2. The van der Waals surface area contributed by atoms with Crippen LogP contribution in [0.5, 0.6) is 0 Å². The van der Waals surface area contributed by atoms with E-state index in [4.69, 9.17) is 15.1 Å². The Hall–Kier alpha value is -8.21. The highest BCUT2D eigenvalue weighted by atomic mass is 15.2. The van der Waals surface area contributed by atoms with Crippen molar-refractivity contribution in [3.8, 4) is 89.8 Å². The molecule has 3 heterocycles. The molecule has 8 aromatic carbocycles. The Morgan fingerprint density at radius 3 is 1.48 bits per heavy atom. The predicted octanol–water partition coefficient (Wildman–Crippen LogP) is 14.6. The summed E-state index contributed by atoms with van der Waals surface area (Å²) in [6, 6.07) is 81.0. The highest BCUT2D eigenvalue weighted by Crippen LogP contribution is 2.43. The summed E-state index contributed by atoms with van der Waals surface area (Å²) in [4.78, 5) is 10.1. The van der Waals surface area contributed by atoms with Crippen molar-refractivity contribution >= 4 is 16.3 Å². The second-order valence-electron chi connectivity index (χ2n) is 15.2. The zero-order chi connectivity index (χ0) is 40.5. The largest absolute Gasteiger partial charge is 0.231 e. The zero-order valence-electron chi connectivity index (χ0n) is 33.2. The summed E-state index contributed by atoms with van der Waals surface area (Å²) in [5, 5.41) is 7.73. The van der Waals surface area contributed by atoms with E-state index in [-0.39, 0.29) is 0 Å². The number of hydrogen-bond acceptors (Lipinski definition) is 3. The summed E-state index contributed by atoms with van der Waals surface area (Å²) in [5.74, 6) is 0.706. The van der Waals surface area contributed by atoms with Gasteiger partial charge in [-0.25, -0.2) is 14.5 Å². The molecule has 0 radical (unpaired) electrons. The number of rotatable bonds is 8. The number of hydrogen-bond donors (Lipinski definition) is 0. The minimum absolute atomic E-state index is 0.706. The van der Waals surface area contributed by atoms with E-state index in [1.54, 1.807) is 0 Å². The first-order valence-corrected chi connectivity index (χ1v) is 20.6. The summed E-state index contributed by atoms with van der Waals surface area (Å²) < 4.78 is 2.16. The maximum Gasteiger partial charge on any atom is 0.160 e. The molecule has 0 unspecified atom stereocenters. The Kier molecular flexibility index (Phi) is 9.14. The van der Waals surface area contributed by atoms with Crippen LogP contribution in [0.4, 0.5) is 0 Å². The van der Waals surface area contributed by atoms with Gasteiger partial charge in [0.05, 0.1) is 22.6 Å². The monoisotopic (exact) mass is 778 g/mol. The first kappa shape index (κ1) is 35.9. The number of nitrogens with zero attached hydrogens (tertiary/aromatic N) is 4. The molecule has 286 valence electrons. The molecule has 0 spiro atoms. The van der Waals surface area contributed by atoms with E-state index in [1.807, 2.05) is 36.4 Å². The molecule has 0 saturated carbocycles. The van der Waals surface area contributed by atoms with Gasteiger partial charge in [-0.2, -0.15) is 5.10 Å². The van der Waals surface area contributed by atoms with E-state index < -0.39 is 0 Å². The summed E-state index contributed by atoms with van der Waals surface area (Å²) in [5.41, 5.74) is 17.0. The van der Waals surface area contributed by atoms with Gasteiger partial charge < -0.3 is 0 Å². The first-order valence-electron chi connectivity index (χ1n) is 20.6. The molecule has 0 N–H and O–H groups in total. The lowest BCUT2D eigenvalue weighted by molar-refractivity contribution is 0.979. The van der Waals surface area contributed by atoms with Gasteiger partial charge in [0, 0.05) is 38.8 Å². The third-order valence-corrected chi connectivity index (χ3v) is 11.5. The quantitative estimate of drug-likeness (QED) is 0.154. The molecule has 11 aromatic rings. The van der Waals surface area contributed by atoms with Gasteiger partial charge in [-0.3, -0.25) is 0 Å². The third kappa shape index (κ3) is 6.76. The van der Waals surface area contributed by atoms with E-state index >= 15 is 0 Å². The molecule has 0 aliphatic carbocycles. The SMILES string of the molecule is c1ccc(-c2cc(-c3cccc(-c4ccc(-c5cccc6c5cc(-c5ccccc5)n5nc(-c7ccccc7)c(-c7ccccc7)c65)cc4)c3)nc(-c3ccccc3)n2)cc1. The van der Waals surface area contributed by atoms with Crippen molar-refractivity contribution in [1.29, 1.82) is 0 Å². The lowest BCUT2D eigenvalue weighted by Gasteiger charge is -2.14. The van der Waals surface area contributed by atoms with Crippen LogP contribution in [0.1, 0.15) is 0 Å². The maximum absolute atomic E-state index is 5.41. The van der Waals surface area contributed by atoms with Gasteiger partial charge in [0.1, 0.15) is 5.69 Å². The smallest absolute Gasteiger partial charge is 0.160 e. The fourth-order valence-electron chi connectivity index (χ4n) is 8.48. The number of pyridine rings is 1. The van der Waals surface area contributed by atoms with Crippen LogP contribution in [0.3, 0.4) is 0 Å². The van der Waals surface area contributed by atoms with Crippen LogP contribution in [0, 0.1) is 0 Å². The average molecular weight is 779 g/mol. The second-order valence-corrected chi connectivity index (χ2v) is 15.2. The molecule has 61 heavy (non-hydrogen) atoms. The predicted molar refractivity (Wildman–Crippen MR) is 252 cm³/mol. The van der Waals surface area contributed by atoms with Gasteiger partial charge >= 0.3 is 0 Å². The van der Waals surface area contributed by atoms with Crippen molar-refractivity contribution in [2.45, 2.75) is 0 Å². The molecule has 3 aromatic heterocycles. The highest BCUT2D eigenvalue weighted by Gasteiger charge is 2.22. The molecule has 0 aliphatic heterocycles. The molecule has 0 saturated heterocycles. The average Bonchev–Trinajstić information content (AvgIpc) is 3.76. The summed E-state index contributed by atoms with van der Waals surface area (Å²) in [6.45, 7) is 0. The Labute approximate surface area is 354 Å². The summed E-state index contributed by atoms with van der Waals surface area (Å²) in [6.07, 6.45) is 0. The Bertz CT molecular complexity index is 3250. The van der Waals surface area contributed by atoms with Gasteiger partial charge in [0.25, 0.3) is 0 Å². The molecule has 0 amide bonds. The lowest BCUT2D eigenvalue weighted by Crippen LogP contribution is -1.96. The standard InChI is InChI=1S/C57H38N4/c1-6-18-41(19-7-1)51-38-52(59-57(58-51)45-26-14-5-15-27-45)47-29-16-28-46(36-47)39-32-34-40(35-33-39)48-30-17-31-49-50(48)37-53(42-20-8-2-9-21-42)61-56(49)54(43-22-10-3-11-23-43)55(60-61)44-24-12-4-13-25-44/h1-38H. The van der Waals surface area contributed by atoms with Crippen LogP contribution in [-0.4, -0.2) is 19.6 Å². The zero-order valence-corrected chi connectivity index (χ0v) is 33.2. The van der Waals surface area contributed by atoms with Crippen LogP contribution in [0.25, 0.3) is 106 Å². The van der Waals surface area contributed by atoms with Crippen LogP contribution >= 0.6 is 0 Å². The van der Waals surface area contributed by atoms with Crippen LogP contribution in [0.15, 0.2) is 231 Å². The van der Waals surface area contributed by atoms with Gasteiger partial charge in [-0.1, -0.05) is 212 Å². The fourth-order valence-corrected chi connectivity index (χ4v) is 8.48. The van der Waals surface area contributed by atoms with Gasteiger partial charge in [-0.05, 0) is 51.4 Å². The Morgan fingerprint density at radius 2 is 0.820 bits per heavy atom. The fraction of sp³-hybridized carbons (Fsp3) is 0. The van der Waals surface area contributed by atoms with E-state index in [2.05, 4.69) is 199 Å². The van der Waals surface area contributed by atoms with Crippen LogP contribution in [-0.2, 0) is 0 Å². The maximum atomic E-state index is 5.41. The van der Waals surface area contributed by atoms with E-state index in [0.29, 0.717) is 5.82 Å².